The van der Waals surface area contributed by atoms with Crippen LogP contribution in [-0.2, 0) is 23.1 Å². The van der Waals surface area contributed by atoms with Gasteiger partial charge in [-0.2, -0.15) is 0 Å². The van der Waals surface area contributed by atoms with Gasteiger partial charge in [-0.3, -0.25) is 9.59 Å². The Morgan fingerprint density at radius 3 is 2.58 bits per heavy atom. The van der Waals surface area contributed by atoms with Crippen molar-refractivity contribution in [3.63, 3.8) is 0 Å². The number of rotatable bonds is 7. The molecule has 4 aromatic rings. The summed E-state index contributed by atoms with van der Waals surface area (Å²) in [5.41, 5.74) is 4.62. The fraction of sp³-hybridized carbons (Fsp3) is 0.290. The fourth-order valence-corrected chi connectivity index (χ4v) is 6.29. The average Bonchev–Trinajstić information content (AvgIpc) is 3.60. The monoisotopic (exact) mass is 528 g/mol. The van der Waals surface area contributed by atoms with E-state index in [1.807, 2.05) is 55.7 Å². The van der Waals surface area contributed by atoms with E-state index in [0.29, 0.717) is 18.5 Å². The summed E-state index contributed by atoms with van der Waals surface area (Å²) in [4.78, 5) is 29.4. The number of methoxy groups -OCH3 is 1. The first-order chi connectivity index (χ1) is 18.2. The quantitative estimate of drug-likeness (QED) is 0.173. The molecule has 6 nitrogen and oxygen atoms in total. The number of Topliss-reactive ketones (excluding diaryl/α,β-unsaturated/α-hetero) is 1. The second-order valence-corrected chi connectivity index (χ2v) is 11.1. The van der Waals surface area contributed by atoms with Crippen LogP contribution < -0.4 is 4.74 Å². The zero-order valence-corrected chi connectivity index (χ0v) is 23.1. The van der Waals surface area contributed by atoms with Gasteiger partial charge in [-0.25, -0.2) is 0 Å². The van der Waals surface area contributed by atoms with E-state index in [1.54, 1.807) is 12.0 Å². The zero-order chi connectivity index (χ0) is 27.1. The lowest BCUT2D eigenvalue weighted by Gasteiger charge is -2.24. The van der Waals surface area contributed by atoms with Gasteiger partial charge in [0.25, 0.3) is 11.7 Å². The van der Waals surface area contributed by atoms with Crippen molar-refractivity contribution in [2.24, 2.45) is 7.05 Å². The van der Waals surface area contributed by atoms with Crippen molar-refractivity contribution in [3.05, 3.63) is 92.8 Å². The molecule has 0 spiro atoms. The van der Waals surface area contributed by atoms with Crippen LogP contribution in [0.4, 0.5) is 0 Å². The molecule has 3 heterocycles. The van der Waals surface area contributed by atoms with Crippen LogP contribution >= 0.6 is 11.3 Å². The molecule has 5 rings (SSSR count). The minimum Gasteiger partial charge on any atom is -0.507 e. The molecule has 1 atom stereocenters. The molecule has 1 aliphatic rings. The lowest BCUT2D eigenvalue weighted by Crippen LogP contribution is -2.31. The van der Waals surface area contributed by atoms with E-state index in [-0.39, 0.29) is 17.3 Å². The number of ketones is 1. The van der Waals surface area contributed by atoms with Crippen LogP contribution in [0, 0.1) is 6.92 Å². The van der Waals surface area contributed by atoms with Crippen LogP contribution in [-0.4, -0.2) is 39.9 Å². The Labute approximate surface area is 226 Å². The first kappa shape index (κ1) is 25.8. The van der Waals surface area contributed by atoms with Crippen molar-refractivity contribution in [1.29, 1.82) is 0 Å². The van der Waals surface area contributed by atoms with Crippen LogP contribution in [0.5, 0.6) is 5.75 Å². The number of amides is 1. The number of nitrogens with zero attached hydrogens (tertiary/aromatic N) is 2. The van der Waals surface area contributed by atoms with Crippen molar-refractivity contribution in [3.8, 4) is 5.75 Å². The van der Waals surface area contributed by atoms with E-state index in [9.17, 15) is 14.7 Å². The summed E-state index contributed by atoms with van der Waals surface area (Å²) in [7, 11) is 3.63. The maximum atomic E-state index is 13.5. The molecule has 0 aliphatic carbocycles. The van der Waals surface area contributed by atoms with E-state index in [1.165, 1.54) is 11.3 Å². The molecular formula is C31H32N2O4S. The second-order valence-electron chi connectivity index (χ2n) is 10.1. The van der Waals surface area contributed by atoms with Gasteiger partial charge >= 0.3 is 0 Å². The molecule has 1 amide bonds. The maximum absolute atomic E-state index is 13.5. The third-order valence-corrected chi connectivity index (χ3v) is 8.33. The first-order valence-corrected chi connectivity index (χ1v) is 13.6. The number of benzene rings is 2. The molecule has 2 aromatic heterocycles. The SMILES string of the molecule is COc1cc(C)c(/C(O)=C2\C(=O)C(=O)N(CCc3cn(C)c4ccccc34)C2c2cccs2)cc1C(C)C. The Hall–Kier alpha value is -3.84. The van der Waals surface area contributed by atoms with Crippen molar-refractivity contribution >= 4 is 39.7 Å². The number of aryl methyl sites for hydroxylation is 2. The topological polar surface area (TPSA) is 71.8 Å². The van der Waals surface area contributed by atoms with Crippen LogP contribution in [0.2, 0.25) is 0 Å². The number of ether oxygens (including phenoxy) is 1. The van der Waals surface area contributed by atoms with Crippen LogP contribution in [0.15, 0.2) is 65.7 Å². The molecule has 1 N–H and O–H groups in total. The Bertz CT molecular complexity index is 1560. The highest BCUT2D eigenvalue weighted by molar-refractivity contribution is 7.10. The summed E-state index contributed by atoms with van der Waals surface area (Å²) in [5.74, 6) is -0.496. The molecule has 1 saturated heterocycles. The lowest BCUT2D eigenvalue weighted by molar-refractivity contribution is -0.139. The normalized spacial score (nSPS) is 17.2. The summed E-state index contributed by atoms with van der Waals surface area (Å²) in [6, 6.07) is 15.1. The highest BCUT2D eigenvalue weighted by atomic mass is 32.1. The number of aliphatic hydroxyl groups excluding tert-OH is 1. The summed E-state index contributed by atoms with van der Waals surface area (Å²) in [6.07, 6.45) is 2.67. The molecule has 1 fully saturated rings. The molecule has 7 heteroatoms. The van der Waals surface area contributed by atoms with Crippen molar-refractivity contribution in [2.75, 3.05) is 13.7 Å². The number of hydrogen-bond acceptors (Lipinski definition) is 5. The molecule has 1 aliphatic heterocycles. The molecule has 0 saturated carbocycles. The third kappa shape index (κ3) is 4.31. The number of aliphatic hydroxyl groups is 1. The molecule has 1 unspecified atom stereocenters. The largest absolute Gasteiger partial charge is 0.507 e. The number of carbonyl (C=O) groups is 2. The summed E-state index contributed by atoms with van der Waals surface area (Å²) >= 11 is 1.48. The zero-order valence-electron chi connectivity index (χ0n) is 22.3. The highest BCUT2D eigenvalue weighted by Crippen LogP contribution is 2.42. The van der Waals surface area contributed by atoms with Crippen LogP contribution in [0.25, 0.3) is 16.7 Å². The maximum Gasteiger partial charge on any atom is 0.295 e. The van der Waals surface area contributed by atoms with Crippen molar-refractivity contribution in [2.45, 2.75) is 39.2 Å². The van der Waals surface area contributed by atoms with E-state index in [2.05, 4.69) is 36.7 Å². The number of aromatic nitrogens is 1. The fourth-order valence-electron chi connectivity index (χ4n) is 5.45. The van der Waals surface area contributed by atoms with Gasteiger partial charge in [-0.05, 0) is 65.6 Å². The molecule has 0 bridgehead atoms. The Balaban J connectivity index is 1.58. The van der Waals surface area contributed by atoms with Crippen LogP contribution in [0.3, 0.4) is 0 Å². The molecular weight excluding hydrogens is 496 g/mol. The Kier molecular flexibility index (Phi) is 6.88. The molecule has 2 aromatic carbocycles. The van der Waals surface area contributed by atoms with E-state index in [0.717, 1.165) is 38.2 Å². The predicted molar refractivity (Wildman–Crippen MR) is 152 cm³/mol. The second kappa shape index (κ2) is 10.1. The van der Waals surface area contributed by atoms with E-state index < -0.39 is 17.7 Å². The van der Waals surface area contributed by atoms with Crippen molar-refractivity contribution in [1.82, 2.24) is 9.47 Å². The number of likely N-dealkylation sites (tertiary alicyclic amines) is 1. The number of carbonyl (C=O) groups excluding carboxylic acids is 2. The number of fused-ring (bicyclic) bond motifs is 1. The Morgan fingerprint density at radius 1 is 1.13 bits per heavy atom. The van der Waals surface area contributed by atoms with E-state index in [4.69, 9.17) is 4.74 Å². The molecule has 196 valence electrons. The minimum atomic E-state index is -0.653. The smallest absolute Gasteiger partial charge is 0.295 e. The highest BCUT2D eigenvalue weighted by Gasteiger charge is 2.46. The van der Waals surface area contributed by atoms with Gasteiger partial charge in [0.15, 0.2) is 0 Å². The number of hydrogen-bond donors (Lipinski definition) is 1. The summed E-state index contributed by atoms with van der Waals surface area (Å²) in [5, 5.41) is 14.7. The van der Waals surface area contributed by atoms with Gasteiger partial charge in [0.1, 0.15) is 11.5 Å². The van der Waals surface area contributed by atoms with Gasteiger partial charge in [-0.1, -0.05) is 38.1 Å². The minimum absolute atomic E-state index is 0.137. The predicted octanol–water partition coefficient (Wildman–Crippen LogP) is 6.34. The van der Waals surface area contributed by atoms with Gasteiger partial charge in [0, 0.05) is 41.1 Å². The number of thiophene rings is 1. The molecule has 0 radical (unpaired) electrons. The standard InChI is InChI=1S/C31H32N2O4S/c1-18(2)22-16-23(19(3)15-25(22)37-5)29(34)27-28(26-11-8-14-38-26)33(31(36)30(27)35)13-12-20-17-32(4)24-10-7-6-9-21(20)24/h6-11,14-18,28,34H,12-13H2,1-5H3/b29-27+. The van der Waals surface area contributed by atoms with Gasteiger partial charge in [0.05, 0.1) is 18.7 Å². The average molecular weight is 529 g/mol. The Morgan fingerprint density at radius 2 is 1.89 bits per heavy atom. The van der Waals surface area contributed by atoms with Crippen LogP contribution in [0.1, 0.15) is 52.9 Å². The van der Waals surface area contributed by atoms with Gasteiger partial charge < -0.3 is 19.3 Å². The van der Waals surface area contributed by atoms with Gasteiger partial charge in [-0.15, -0.1) is 11.3 Å². The van der Waals surface area contributed by atoms with Gasteiger partial charge in [0.2, 0.25) is 0 Å². The van der Waals surface area contributed by atoms with Crippen molar-refractivity contribution < 1.29 is 19.4 Å². The lowest BCUT2D eigenvalue weighted by atomic mass is 9.92. The third-order valence-electron chi connectivity index (χ3n) is 7.41. The van der Waals surface area contributed by atoms with E-state index >= 15 is 0 Å². The molecule has 38 heavy (non-hydrogen) atoms. The summed E-state index contributed by atoms with van der Waals surface area (Å²) in [6.45, 7) is 6.33. The number of para-hydroxylation sites is 1. The summed E-state index contributed by atoms with van der Waals surface area (Å²) < 4.78 is 7.64. The first-order valence-electron chi connectivity index (χ1n) is 12.8.